The largest absolute Gasteiger partial charge is 0.457 e. The fourth-order valence-electron chi connectivity index (χ4n) is 6.65. The van der Waals surface area contributed by atoms with Gasteiger partial charge in [0.2, 0.25) is 0 Å². The quantitative estimate of drug-likeness (QED) is 0.162. The second kappa shape index (κ2) is 12.4. The molecular weight excluding hydrogens is 640 g/mol. The van der Waals surface area contributed by atoms with Gasteiger partial charge in [0.25, 0.3) is 17.7 Å². The highest BCUT2D eigenvalue weighted by Crippen LogP contribution is 2.39. The monoisotopic (exact) mass is 672 g/mol. The fourth-order valence-corrected chi connectivity index (χ4v) is 6.65. The Labute approximate surface area is 294 Å². The van der Waals surface area contributed by atoms with Gasteiger partial charge in [0.1, 0.15) is 23.0 Å². The summed E-state index contributed by atoms with van der Waals surface area (Å²) in [4.78, 5) is 41.9. The molecule has 0 saturated carbocycles. The molecule has 8 heteroatoms. The zero-order valence-corrected chi connectivity index (χ0v) is 27.8. The maximum Gasteiger partial charge on any atom is 0.266 e. The number of nitrogens with zero attached hydrogens (tertiary/aromatic N) is 2. The number of benzene rings is 6. The van der Waals surface area contributed by atoms with Crippen molar-refractivity contribution in [2.75, 3.05) is 9.80 Å². The first-order chi connectivity index (χ1) is 24.7. The zero-order chi connectivity index (χ0) is 35.3. The topological polar surface area (TPSA) is 96.4 Å². The molecule has 0 aliphatic carbocycles. The second-order valence-electron chi connectivity index (χ2n) is 13.0. The molecule has 51 heavy (non-hydrogen) atoms. The molecule has 0 bridgehead atoms. The first-order valence-electron chi connectivity index (χ1n) is 16.5. The molecule has 0 saturated heterocycles. The minimum Gasteiger partial charge on any atom is -0.457 e. The molecule has 1 atom stereocenters. The van der Waals surface area contributed by atoms with Crippen LogP contribution >= 0.6 is 0 Å². The Morgan fingerprint density at radius 3 is 1.55 bits per heavy atom. The van der Waals surface area contributed by atoms with Crippen molar-refractivity contribution >= 4 is 29.1 Å². The van der Waals surface area contributed by atoms with E-state index in [9.17, 15) is 19.5 Å². The predicted molar refractivity (Wildman–Crippen MR) is 194 cm³/mol. The fraction of sp³-hybridized carbons (Fsp3) is 0.0930. The Morgan fingerprint density at radius 1 is 0.510 bits per heavy atom. The maximum absolute atomic E-state index is 13.2. The molecule has 2 heterocycles. The number of carbonyl (C=O) groups excluding carboxylic acids is 3. The minimum absolute atomic E-state index is 0.281. The Kier molecular flexibility index (Phi) is 7.73. The number of ether oxygens (including phenoxy) is 2. The summed E-state index contributed by atoms with van der Waals surface area (Å²) in [6, 6.07) is 43.7. The zero-order valence-electron chi connectivity index (χ0n) is 27.8. The molecule has 250 valence electrons. The molecule has 3 amide bonds. The van der Waals surface area contributed by atoms with Crippen LogP contribution in [-0.2, 0) is 5.41 Å². The van der Waals surface area contributed by atoms with Crippen LogP contribution in [0.2, 0.25) is 0 Å². The van der Waals surface area contributed by atoms with Gasteiger partial charge in [-0.1, -0.05) is 80.6 Å². The van der Waals surface area contributed by atoms with Gasteiger partial charge in [-0.05, 0) is 90.0 Å². The van der Waals surface area contributed by atoms with Gasteiger partial charge in [-0.25, -0.2) is 4.90 Å². The number of fused-ring (bicyclic) bond motifs is 2. The van der Waals surface area contributed by atoms with Crippen molar-refractivity contribution in [3.63, 3.8) is 0 Å². The summed E-state index contributed by atoms with van der Waals surface area (Å²) < 4.78 is 12.2. The Bertz CT molecular complexity index is 2300. The van der Waals surface area contributed by atoms with Gasteiger partial charge in [0.05, 0.1) is 22.4 Å². The molecule has 8 rings (SSSR count). The lowest BCUT2D eigenvalue weighted by molar-refractivity contribution is 0.0917. The number of aliphatic hydroxyl groups excluding tert-OH is 1. The number of para-hydroxylation sites is 2. The van der Waals surface area contributed by atoms with Gasteiger partial charge < -0.3 is 14.6 Å². The molecule has 6 aromatic rings. The molecule has 0 radical (unpaired) electrons. The van der Waals surface area contributed by atoms with Gasteiger partial charge in [-0.15, -0.1) is 0 Å². The van der Waals surface area contributed by atoms with E-state index in [0.29, 0.717) is 56.6 Å². The van der Waals surface area contributed by atoms with Gasteiger partial charge in [-0.3, -0.25) is 19.3 Å². The average Bonchev–Trinajstić information content (AvgIpc) is 3.55. The van der Waals surface area contributed by atoms with Crippen LogP contribution in [0, 0.1) is 0 Å². The first-order valence-corrected chi connectivity index (χ1v) is 16.5. The van der Waals surface area contributed by atoms with E-state index in [1.165, 1.54) is 9.80 Å². The van der Waals surface area contributed by atoms with E-state index in [4.69, 9.17) is 9.47 Å². The number of hydrogen-bond donors (Lipinski definition) is 1. The third kappa shape index (κ3) is 5.61. The number of hydrogen-bond acceptors (Lipinski definition) is 6. The van der Waals surface area contributed by atoms with E-state index in [0.717, 1.165) is 11.1 Å². The van der Waals surface area contributed by atoms with Crippen LogP contribution in [0.3, 0.4) is 0 Å². The van der Waals surface area contributed by atoms with E-state index < -0.39 is 6.23 Å². The summed E-state index contributed by atoms with van der Waals surface area (Å²) in [6.07, 6.45) is -1.06. The van der Waals surface area contributed by atoms with Crippen LogP contribution < -0.4 is 19.3 Å². The smallest absolute Gasteiger partial charge is 0.266 e. The minimum atomic E-state index is -1.06. The van der Waals surface area contributed by atoms with Crippen molar-refractivity contribution in [3.05, 3.63) is 179 Å². The summed E-state index contributed by atoms with van der Waals surface area (Å²) >= 11 is 0. The van der Waals surface area contributed by atoms with Gasteiger partial charge in [0.15, 0.2) is 6.23 Å². The number of anilines is 2. The molecule has 0 fully saturated rings. The lowest BCUT2D eigenvalue weighted by Crippen LogP contribution is -2.29. The van der Waals surface area contributed by atoms with Crippen molar-refractivity contribution < 1.29 is 29.0 Å². The Hall–Kier alpha value is -6.51. The maximum atomic E-state index is 13.2. The highest BCUT2D eigenvalue weighted by atomic mass is 16.5. The van der Waals surface area contributed by atoms with E-state index >= 15 is 0 Å². The summed E-state index contributed by atoms with van der Waals surface area (Å²) in [6.45, 7) is 4.27. The standard InChI is InChI=1S/C43H32N2O6/c1-43(2,27-13-17-31(18-14-27)50-33-21-23-35-37(25-33)41(48)44(39(35)46)29-9-5-3-6-10-29)28-15-19-32(20-16-28)51-34-22-24-36-38(26-34)42(49)45(40(36)47)30-11-7-4-8-12-30/h3-26,39,46H,1-2H3. The number of carbonyl (C=O) groups is 3. The summed E-state index contributed by atoms with van der Waals surface area (Å²) in [5, 5.41) is 10.9. The van der Waals surface area contributed by atoms with Gasteiger partial charge >= 0.3 is 0 Å². The summed E-state index contributed by atoms with van der Waals surface area (Å²) in [5.41, 5.74) is 4.54. The van der Waals surface area contributed by atoms with Crippen LogP contribution in [0.4, 0.5) is 11.4 Å². The SMILES string of the molecule is CC(C)(c1ccc(Oc2ccc3c(c2)C(=O)N(c2ccccc2)C3=O)cc1)c1ccc(Oc2ccc3c(c2)C(=O)N(c2ccccc2)C3O)cc1. The molecule has 0 aromatic heterocycles. The molecule has 1 N–H and O–H groups in total. The predicted octanol–water partition coefficient (Wildman–Crippen LogP) is 9.05. The van der Waals surface area contributed by atoms with E-state index in [1.807, 2.05) is 72.8 Å². The number of imide groups is 1. The highest BCUT2D eigenvalue weighted by Gasteiger charge is 2.38. The van der Waals surface area contributed by atoms with E-state index in [2.05, 4.69) is 13.8 Å². The summed E-state index contributed by atoms with van der Waals surface area (Å²) in [7, 11) is 0. The molecule has 2 aliphatic heterocycles. The van der Waals surface area contributed by atoms with Crippen molar-refractivity contribution in [1.29, 1.82) is 0 Å². The normalized spacial score (nSPS) is 15.2. The molecular formula is C43H32N2O6. The lowest BCUT2D eigenvalue weighted by atomic mass is 9.78. The molecule has 0 spiro atoms. The number of aliphatic hydroxyl groups is 1. The van der Waals surface area contributed by atoms with Crippen molar-refractivity contribution in [2.45, 2.75) is 25.5 Å². The Morgan fingerprint density at radius 2 is 0.980 bits per heavy atom. The van der Waals surface area contributed by atoms with Crippen molar-refractivity contribution in [1.82, 2.24) is 0 Å². The van der Waals surface area contributed by atoms with E-state index in [1.54, 1.807) is 72.8 Å². The van der Waals surface area contributed by atoms with Crippen LogP contribution in [-0.4, -0.2) is 22.8 Å². The third-order valence-corrected chi connectivity index (χ3v) is 9.53. The van der Waals surface area contributed by atoms with Crippen LogP contribution in [0.15, 0.2) is 146 Å². The third-order valence-electron chi connectivity index (χ3n) is 9.53. The highest BCUT2D eigenvalue weighted by molar-refractivity contribution is 6.34. The molecule has 8 nitrogen and oxygen atoms in total. The van der Waals surface area contributed by atoms with Crippen LogP contribution in [0.5, 0.6) is 23.0 Å². The number of amides is 3. The number of rotatable bonds is 8. The van der Waals surface area contributed by atoms with E-state index in [-0.39, 0.29) is 23.1 Å². The van der Waals surface area contributed by atoms with Gasteiger partial charge in [0, 0.05) is 16.7 Å². The van der Waals surface area contributed by atoms with Crippen molar-refractivity contribution in [3.8, 4) is 23.0 Å². The van der Waals surface area contributed by atoms with Crippen LogP contribution in [0.25, 0.3) is 0 Å². The van der Waals surface area contributed by atoms with Gasteiger partial charge in [-0.2, -0.15) is 0 Å². The first kappa shape index (κ1) is 31.7. The van der Waals surface area contributed by atoms with Crippen molar-refractivity contribution in [2.24, 2.45) is 0 Å². The summed E-state index contributed by atoms with van der Waals surface area (Å²) in [5.74, 6) is 1.17. The second-order valence-corrected chi connectivity index (χ2v) is 13.0. The average molecular weight is 673 g/mol. The Balaban J connectivity index is 0.939. The molecule has 6 aromatic carbocycles. The molecule has 2 aliphatic rings. The molecule has 1 unspecified atom stereocenters. The lowest BCUT2D eigenvalue weighted by Gasteiger charge is -2.26. The van der Waals surface area contributed by atoms with Crippen LogP contribution in [0.1, 0.15) is 67.8 Å².